The van der Waals surface area contributed by atoms with Crippen molar-refractivity contribution in [3.8, 4) is 0 Å². The predicted octanol–water partition coefficient (Wildman–Crippen LogP) is 2.94. The summed E-state index contributed by atoms with van der Waals surface area (Å²) in [6, 6.07) is 9.82. The second-order valence-electron chi connectivity index (χ2n) is 7.29. The summed E-state index contributed by atoms with van der Waals surface area (Å²) >= 11 is 0. The van der Waals surface area contributed by atoms with Gasteiger partial charge >= 0.3 is 0 Å². The number of pyridine rings is 1. The van der Waals surface area contributed by atoms with Gasteiger partial charge in [-0.25, -0.2) is 4.98 Å². The van der Waals surface area contributed by atoms with Crippen molar-refractivity contribution in [2.45, 2.75) is 25.4 Å². The maximum Gasteiger partial charge on any atom is 0.254 e. The molecule has 0 spiro atoms. The average Bonchev–Trinajstić information content (AvgIpc) is 2.66. The molecule has 2 atom stereocenters. The highest BCUT2D eigenvalue weighted by Crippen LogP contribution is 2.30. The summed E-state index contributed by atoms with van der Waals surface area (Å²) in [5, 5.41) is 0.931. The maximum atomic E-state index is 13.3. The topological polar surface area (TPSA) is 45.7 Å². The van der Waals surface area contributed by atoms with Crippen molar-refractivity contribution in [1.29, 1.82) is 0 Å². The number of carbonyl (C=O) groups excluding carboxylic acids is 1. The Bertz CT molecular complexity index is 790. The minimum atomic E-state index is 0.116. The highest BCUT2D eigenvalue weighted by atomic mass is 16.5. The molecule has 25 heavy (non-hydrogen) atoms. The largest absolute Gasteiger partial charge is 0.378 e. The third-order valence-corrected chi connectivity index (χ3v) is 5.39. The van der Waals surface area contributed by atoms with E-state index in [1.54, 1.807) is 0 Å². The van der Waals surface area contributed by atoms with E-state index in [1.807, 2.05) is 54.2 Å². The van der Waals surface area contributed by atoms with Gasteiger partial charge in [0.05, 0.1) is 17.2 Å². The summed E-state index contributed by atoms with van der Waals surface area (Å²) in [7, 11) is 3.91. The molecule has 2 aromatic rings. The number of piperidine rings is 1. The number of rotatable bonds is 2. The fourth-order valence-electron chi connectivity index (χ4n) is 4.01. The van der Waals surface area contributed by atoms with Gasteiger partial charge in [-0.05, 0) is 31.4 Å². The first kappa shape index (κ1) is 16.3. The number of para-hydroxylation sites is 1. The number of aromatic nitrogens is 1. The van der Waals surface area contributed by atoms with Gasteiger partial charge in [0.1, 0.15) is 5.82 Å². The number of ether oxygens (including phenoxy) is 1. The lowest BCUT2D eigenvalue weighted by atomic mass is 9.88. The molecule has 4 rings (SSSR count). The van der Waals surface area contributed by atoms with Gasteiger partial charge in [0.15, 0.2) is 0 Å². The van der Waals surface area contributed by atoms with Crippen LogP contribution in [0, 0.1) is 5.92 Å². The molecule has 0 N–H and O–H groups in total. The quantitative estimate of drug-likeness (QED) is 0.844. The lowest BCUT2D eigenvalue weighted by Crippen LogP contribution is -2.48. The van der Waals surface area contributed by atoms with Crippen LogP contribution in [-0.2, 0) is 4.74 Å². The van der Waals surface area contributed by atoms with Crippen molar-refractivity contribution in [3.63, 3.8) is 0 Å². The van der Waals surface area contributed by atoms with Crippen LogP contribution >= 0.6 is 0 Å². The van der Waals surface area contributed by atoms with E-state index < -0.39 is 0 Å². The number of fused-ring (bicyclic) bond motifs is 2. The SMILES string of the molecule is CN(C)c1cc(C(=O)N2CC[C@@H]3OCCC[C@H]3C2)c2ccccc2n1. The van der Waals surface area contributed by atoms with Crippen molar-refractivity contribution in [3.05, 3.63) is 35.9 Å². The monoisotopic (exact) mass is 339 g/mol. The minimum absolute atomic E-state index is 0.116. The Labute approximate surface area is 148 Å². The molecule has 2 fully saturated rings. The normalized spacial score (nSPS) is 23.4. The molecule has 0 saturated carbocycles. The number of hydrogen-bond donors (Lipinski definition) is 0. The molecule has 1 aromatic carbocycles. The number of anilines is 1. The van der Waals surface area contributed by atoms with Crippen LogP contribution in [0.4, 0.5) is 5.82 Å². The fourth-order valence-corrected chi connectivity index (χ4v) is 4.01. The van der Waals surface area contributed by atoms with Gasteiger partial charge in [-0.15, -0.1) is 0 Å². The molecule has 0 bridgehead atoms. The van der Waals surface area contributed by atoms with Crippen molar-refractivity contribution >= 4 is 22.6 Å². The molecule has 5 nitrogen and oxygen atoms in total. The summed E-state index contributed by atoms with van der Waals surface area (Å²) in [6.07, 6.45) is 3.55. The lowest BCUT2D eigenvalue weighted by molar-refractivity contribution is -0.0606. The zero-order valence-corrected chi connectivity index (χ0v) is 14.9. The standard InChI is InChI=1S/C20H25N3O2/c1-22(2)19-12-16(15-7-3-4-8-17(15)21-19)20(24)23-10-9-18-14(13-23)6-5-11-25-18/h3-4,7-8,12,14,18H,5-6,9-11,13H2,1-2H3/t14-,18-/m0/s1. The second-order valence-corrected chi connectivity index (χ2v) is 7.29. The molecule has 2 aliphatic heterocycles. The number of likely N-dealkylation sites (tertiary alicyclic amines) is 1. The molecule has 1 aromatic heterocycles. The number of carbonyl (C=O) groups is 1. The molecular weight excluding hydrogens is 314 g/mol. The third-order valence-electron chi connectivity index (χ3n) is 5.39. The van der Waals surface area contributed by atoms with Crippen molar-refractivity contribution in [2.75, 3.05) is 38.7 Å². The van der Waals surface area contributed by atoms with Crippen LogP contribution in [0.5, 0.6) is 0 Å². The minimum Gasteiger partial charge on any atom is -0.378 e. The zero-order valence-electron chi connectivity index (χ0n) is 14.9. The highest BCUT2D eigenvalue weighted by Gasteiger charge is 2.34. The van der Waals surface area contributed by atoms with Gasteiger partial charge in [-0.1, -0.05) is 18.2 Å². The second kappa shape index (κ2) is 6.64. The lowest BCUT2D eigenvalue weighted by Gasteiger charge is -2.41. The molecule has 0 radical (unpaired) electrons. The number of amides is 1. The van der Waals surface area contributed by atoms with E-state index >= 15 is 0 Å². The summed E-state index contributed by atoms with van der Waals surface area (Å²) in [5.74, 6) is 1.41. The van der Waals surface area contributed by atoms with E-state index in [2.05, 4.69) is 4.98 Å². The van der Waals surface area contributed by atoms with Gasteiger partial charge in [0.25, 0.3) is 5.91 Å². The molecule has 2 saturated heterocycles. The van der Waals surface area contributed by atoms with E-state index in [0.717, 1.165) is 61.2 Å². The predicted molar refractivity (Wildman–Crippen MR) is 99.1 cm³/mol. The maximum absolute atomic E-state index is 13.3. The van der Waals surface area contributed by atoms with Gasteiger partial charge in [-0.3, -0.25) is 4.79 Å². The highest BCUT2D eigenvalue weighted by molar-refractivity contribution is 6.07. The Morgan fingerprint density at radius 3 is 2.96 bits per heavy atom. The van der Waals surface area contributed by atoms with E-state index in [1.165, 1.54) is 0 Å². The summed E-state index contributed by atoms with van der Waals surface area (Å²) < 4.78 is 5.88. The zero-order chi connectivity index (χ0) is 17.4. The number of benzene rings is 1. The smallest absolute Gasteiger partial charge is 0.254 e. The average molecular weight is 339 g/mol. The van der Waals surface area contributed by atoms with Gasteiger partial charge < -0.3 is 14.5 Å². The van der Waals surface area contributed by atoms with Crippen LogP contribution in [0.25, 0.3) is 10.9 Å². The van der Waals surface area contributed by atoms with Crippen LogP contribution in [0.15, 0.2) is 30.3 Å². The summed E-state index contributed by atoms with van der Waals surface area (Å²) in [6.45, 7) is 2.45. The van der Waals surface area contributed by atoms with E-state index in [4.69, 9.17) is 4.74 Å². The van der Waals surface area contributed by atoms with Gasteiger partial charge in [-0.2, -0.15) is 0 Å². The first-order chi connectivity index (χ1) is 12.1. The Balaban J connectivity index is 1.67. The van der Waals surface area contributed by atoms with Crippen molar-refractivity contribution in [1.82, 2.24) is 9.88 Å². The van der Waals surface area contributed by atoms with Crippen LogP contribution in [0.2, 0.25) is 0 Å². The Morgan fingerprint density at radius 1 is 1.28 bits per heavy atom. The molecule has 132 valence electrons. The van der Waals surface area contributed by atoms with Gasteiger partial charge in [0, 0.05) is 45.1 Å². The molecular formula is C20H25N3O2. The summed E-state index contributed by atoms with van der Waals surface area (Å²) in [5.41, 5.74) is 1.62. The molecule has 0 aliphatic carbocycles. The third kappa shape index (κ3) is 3.09. The molecule has 3 heterocycles. The van der Waals surface area contributed by atoms with Crippen molar-refractivity contribution < 1.29 is 9.53 Å². The molecule has 0 unspecified atom stereocenters. The van der Waals surface area contributed by atoms with E-state index in [9.17, 15) is 4.79 Å². The van der Waals surface area contributed by atoms with Gasteiger partial charge in [0.2, 0.25) is 0 Å². The number of hydrogen-bond acceptors (Lipinski definition) is 4. The fraction of sp³-hybridized carbons (Fsp3) is 0.500. The van der Waals surface area contributed by atoms with Crippen LogP contribution in [0.1, 0.15) is 29.6 Å². The number of nitrogens with zero attached hydrogens (tertiary/aromatic N) is 3. The Morgan fingerprint density at radius 2 is 2.12 bits per heavy atom. The van der Waals surface area contributed by atoms with Crippen molar-refractivity contribution in [2.24, 2.45) is 5.92 Å². The van der Waals surface area contributed by atoms with Crippen LogP contribution < -0.4 is 4.90 Å². The first-order valence-electron chi connectivity index (χ1n) is 9.11. The van der Waals surface area contributed by atoms with E-state index in [-0.39, 0.29) is 5.91 Å². The Hall–Kier alpha value is -2.14. The van der Waals surface area contributed by atoms with Crippen LogP contribution in [0.3, 0.4) is 0 Å². The molecule has 1 amide bonds. The molecule has 2 aliphatic rings. The first-order valence-corrected chi connectivity index (χ1v) is 9.11. The van der Waals surface area contributed by atoms with Crippen LogP contribution in [-0.4, -0.2) is 55.7 Å². The Kier molecular flexibility index (Phi) is 4.34. The van der Waals surface area contributed by atoms with E-state index in [0.29, 0.717) is 12.0 Å². The summed E-state index contributed by atoms with van der Waals surface area (Å²) in [4.78, 5) is 21.9. The molecule has 5 heteroatoms.